The molecule has 8 nitrogen and oxygen atoms in total. The van der Waals surface area contributed by atoms with Crippen LogP contribution in [0.25, 0.3) is 0 Å². The Morgan fingerprint density at radius 2 is 1.55 bits per heavy atom. The number of esters is 2. The minimum atomic E-state index is -0.560. The van der Waals surface area contributed by atoms with Crippen molar-refractivity contribution in [2.24, 2.45) is 0 Å². The van der Waals surface area contributed by atoms with Gasteiger partial charge in [0.25, 0.3) is 5.91 Å². The second-order valence-corrected chi connectivity index (χ2v) is 6.54. The van der Waals surface area contributed by atoms with Crippen LogP contribution in [0.4, 0.5) is 5.69 Å². The zero-order valence-electron chi connectivity index (χ0n) is 17.2. The molecular formula is C23H22N2O6. The van der Waals surface area contributed by atoms with Crippen molar-refractivity contribution in [3.05, 3.63) is 83.7 Å². The van der Waals surface area contributed by atoms with Gasteiger partial charge in [-0.05, 0) is 35.9 Å². The van der Waals surface area contributed by atoms with Gasteiger partial charge in [0.2, 0.25) is 0 Å². The number of hydrogen-bond acceptors (Lipinski definition) is 6. The van der Waals surface area contributed by atoms with Crippen LogP contribution in [0.3, 0.4) is 0 Å². The molecule has 31 heavy (non-hydrogen) atoms. The number of hydrogen-bond donors (Lipinski definition) is 1. The first-order valence-electron chi connectivity index (χ1n) is 9.44. The predicted molar refractivity (Wildman–Crippen MR) is 113 cm³/mol. The van der Waals surface area contributed by atoms with Gasteiger partial charge in [0.1, 0.15) is 0 Å². The molecule has 0 aliphatic carbocycles. The van der Waals surface area contributed by atoms with Crippen LogP contribution >= 0.6 is 0 Å². The Hall–Kier alpha value is -4.07. The summed E-state index contributed by atoms with van der Waals surface area (Å²) in [7, 11) is 2.59. The number of rotatable bonds is 8. The molecule has 1 heterocycles. The van der Waals surface area contributed by atoms with Crippen molar-refractivity contribution in [2.45, 2.75) is 6.54 Å². The molecule has 2 aromatic carbocycles. The maximum Gasteiger partial charge on any atom is 0.358 e. The lowest BCUT2D eigenvalue weighted by Crippen LogP contribution is -2.21. The van der Waals surface area contributed by atoms with Crippen LogP contribution in [0.15, 0.2) is 66.9 Å². The van der Waals surface area contributed by atoms with E-state index >= 15 is 0 Å². The van der Waals surface area contributed by atoms with E-state index in [9.17, 15) is 14.4 Å². The molecule has 1 N–H and O–H groups in total. The second-order valence-electron chi connectivity index (χ2n) is 6.54. The molecule has 0 saturated carbocycles. The van der Waals surface area contributed by atoms with Crippen molar-refractivity contribution in [1.82, 2.24) is 4.57 Å². The zero-order chi connectivity index (χ0) is 22.2. The number of carbonyl (C=O) groups excluding carboxylic acids is 3. The Morgan fingerprint density at radius 3 is 2.19 bits per heavy atom. The van der Waals surface area contributed by atoms with Crippen LogP contribution in [0.1, 0.15) is 26.4 Å². The van der Waals surface area contributed by atoms with E-state index in [1.54, 1.807) is 41.1 Å². The molecule has 8 heteroatoms. The third-order valence-electron chi connectivity index (χ3n) is 4.45. The molecule has 1 aromatic heterocycles. The van der Waals surface area contributed by atoms with E-state index in [4.69, 9.17) is 9.47 Å². The molecule has 0 saturated heterocycles. The standard InChI is InChI=1S/C23H22N2O6/c1-29-22(27)17-8-10-18(11-9-17)24-20(26)15-31-19-12-13-25(21(19)23(28)30-2)14-16-6-4-3-5-7-16/h3-13H,14-15H2,1-2H3,(H,24,26). The number of benzene rings is 2. The van der Waals surface area contributed by atoms with Crippen LogP contribution in [-0.2, 0) is 20.8 Å². The lowest BCUT2D eigenvalue weighted by atomic mass is 10.2. The van der Waals surface area contributed by atoms with E-state index in [1.807, 2.05) is 30.3 Å². The lowest BCUT2D eigenvalue weighted by molar-refractivity contribution is -0.118. The van der Waals surface area contributed by atoms with Gasteiger partial charge in [0.15, 0.2) is 18.1 Å². The van der Waals surface area contributed by atoms with Gasteiger partial charge in [-0.15, -0.1) is 0 Å². The van der Waals surface area contributed by atoms with E-state index < -0.39 is 17.8 Å². The van der Waals surface area contributed by atoms with Crippen LogP contribution in [0.5, 0.6) is 5.75 Å². The number of nitrogens with one attached hydrogen (secondary N) is 1. The number of aromatic nitrogens is 1. The summed E-state index contributed by atoms with van der Waals surface area (Å²) >= 11 is 0. The van der Waals surface area contributed by atoms with Gasteiger partial charge in [-0.2, -0.15) is 0 Å². The number of amides is 1. The number of ether oxygens (including phenoxy) is 3. The van der Waals surface area contributed by atoms with E-state index in [0.717, 1.165) is 5.56 Å². The van der Waals surface area contributed by atoms with E-state index in [2.05, 4.69) is 10.1 Å². The molecule has 1 amide bonds. The van der Waals surface area contributed by atoms with Crippen molar-refractivity contribution in [1.29, 1.82) is 0 Å². The Kier molecular flexibility index (Phi) is 7.05. The third-order valence-corrected chi connectivity index (χ3v) is 4.45. The monoisotopic (exact) mass is 422 g/mol. The molecule has 0 radical (unpaired) electrons. The summed E-state index contributed by atoms with van der Waals surface area (Å²) < 4.78 is 16.8. The average Bonchev–Trinajstić information content (AvgIpc) is 3.20. The Labute approximate surface area is 179 Å². The summed E-state index contributed by atoms with van der Waals surface area (Å²) in [6, 6.07) is 17.5. The number of nitrogens with zero attached hydrogens (tertiary/aromatic N) is 1. The highest BCUT2D eigenvalue weighted by Gasteiger charge is 2.20. The Morgan fingerprint density at radius 1 is 0.871 bits per heavy atom. The SMILES string of the molecule is COC(=O)c1ccc(NC(=O)COc2ccn(Cc3ccccc3)c2C(=O)OC)cc1. The second kappa shape index (κ2) is 10.1. The Bertz CT molecular complexity index is 1060. The van der Waals surface area contributed by atoms with Crippen molar-refractivity contribution in [3.8, 4) is 5.75 Å². The lowest BCUT2D eigenvalue weighted by Gasteiger charge is -2.11. The van der Waals surface area contributed by atoms with Gasteiger partial charge >= 0.3 is 11.9 Å². The summed E-state index contributed by atoms with van der Waals surface area (Å²) in [5.41, 5.74) is 2.10. The van der Waals surface area contributed by atoms with Gasteiger partial charge in [0, 0.05) is 18.4 Å². The highest BCUT2D eigenvalue weighted by atomic mass is 16.5. The molecule has 0 spiro atoms. The molecular weight excluding hydrogens is 400 g/mol. The summed E-state index contributed by atoms with van der Waals surface area (Å²) in [5, 5.41) is 2.67. The van der Waals surface area contributed by atoms with Crippen molar-refractivity contribution in [2.75, 3.05) is 26.1 Å². The fourth-order valence-electron chi connectivity index (χ4n) is 2.94. The van der Waals surface area contributed by atoms with Crippen LogP contribution in [-0.4, -0.2) is 43.2 Å². The average molecular weight is 422 g/mol. The maximum absolute atomic E-state index is 12.3. The van der Waals surface area contributed by atoms with Gasteiger partial charge in [-0.25, -0.2) is 9.59 Å². The van der Waals surface area contributed by atoms with Crippen LogP contribution in [0, 0.1) is 0 Å². The minimum Gasteiger partial charge on any atom is -0.481 e. The number of carbonyl (C=O) groups is 3. The van der Waals surface area contributed by atoms with Gasteiger partial charge in [-0.1, -0.05) is 30.3 Å². The summed E-state index contributed by atoms with van der Waals surface area (Å²) in [5.74, 6) is -1.19. The fourth-order valence-corrected chi connectivity index (χ4v) is 2.94. The molecule has 0 atom stereocenters. The first kappa shape index (κ1) is 21.6. The largest absolute Gasteiger partial charge is 0.481 e. The van der Waals surface area contributed by atoms with E-state index in [-0.39, 0.29) is 18.1 Å². The summed E-state index contributed by atoms with van der Waals surface area (Å²) in [6.45, 7) is 0.144. The van der Waals surface area contributed by atoms with Gasteiger partial charge in [-0.3, -0.25) is 4.79 Å². The topological polar surface area (TPSA) is 95.9 Å². The smallest absolute Gasteiger partial charge is 0.358 e. The summed E-state index contributed by atoms with van der Waals surface area (Å²) in [4.78, 5) is 36.0. The summed E-state index contributed by atoms with van der Waals surface area (Å²) in [6.07, 6.45) is 1.71. The third kappa shape index (κ3) is 5.51. The molecule has 0 aliphatic rings. The zero-order valence-corrected chi connectivity index (χ0v) is 17.2. The van der Waals surface area contributed by atoms with Crippen LogP contribution in [0.2, 0.25) is 0 Å². The highest BCUT2D eigenvalue weighted by Crippen LogP contribution is 2.22. The van der Waals surface area contributed by atoms with Crippen LogP contribution < -0.4 is 10.1 Å². The molecule has 0 fully saturated rings. The fraction of sp³-hybridized carbons (Fsp3) is 0.174. The first-order valence-corrected chi connectivity index (χ1v) is 9.44. The predicted octanol–water partition coefficient (Wildman–Crippen LogP) is 3.13. The van der Waals surface area contributed by atoms with Crippen molar-refractivity contribution >= 4 is 23.5 Å². The van der Waals surface area contributed by atoms with Crippen molar-refractivity contribution < 1.29 is 28.6 Å². The van der Waals surface area contributed by atoms with Crippen molar-refractivity contribution in [3.63, 3.8) is 0 Å². The van der Waals surface area contributed by atoms with E-state index in [1.165, 1.54) is 14.2 Å². The molecule has 0 aliphatic heterocycles. The first-order chi connectivity index (χ1) is 15.0. The minimum absolute atomic E-state index is 0.224. The maximum atomic E-state index is 12.3. The normalized spacial score (nSPS) is 10.3. The molecule has 0 unspecified atom stereocenters. The molecule has 160 valence electrons. The quantitative estimate of drug-likeness (QED) is 0.561. The number of methoxy groups -OCH3 is 2. The molecule has 0 bridgehead atoms. The number of anilines is 1. The highest BCUT2D eigenvalue weighted by molar-refractivity contribution is 5.94. The van der Waals surface area contributed by atoms with E-state index in [0.29, 0.717) is 17.8 Å². The van der Waals surface area contributed by atoms with Gasteiger partial charge < -0.3 is 24.1 Å². The molecule has 3 aromatic rings. The molecule has 3 rings (SSSR count). The van der Waals surface area contributed by atoms with Gasteiger partial charge in [0.05, 0.1) is 19.8 Å². The Balaban J connectivity index is 1.66.